The Kier molecular flexibility index (Phi) is 5.90. The van der Waals surface area contributed by atoms with Crippen LogP contribution in [0.2, 0.25) is 0 Å². The van der Waals surface area contributed by atoms with Gasteiger partial charge < -0.3 is 15.0 Å². The second kappa shape index (κ2) is 8.36. The van der Waals surface area contributed by atoms with E-state index in [0.29, 0.717) is 18.7 Å². The van der Waals surface area contributed by atoms with Gasteiger partial charge in [0, 0.05) is 25.2 Å². The van der Waals surface area contributed by atoms with Crippen molar-refractivity contribution in [3.63, 3.8) is 0 Å². The molecule has 3 rings (SSSR count). The van der Waals surface area contributed by atoms with Crippen molar-refractivity contribution >= 4 is 11.6 Å². The number of rotatable bonds is 4. The molecule has 0 aromatic heterocycles. The fraction of sp³-hybridized carbons (Fsp3) is 0.333. The molecule has 0 bridgehead atoms. The molecule has 146 valence electrons. The van der Waals surface area contributed by atoms with Gasteiger partial charge in [-0.1, -0.05) is 12.1 Å². The van der Waals surface area contributed by atoms with Crippen LogP contribution in [0.5, 0.6) is 0 Å². The van der Waals surface area contributed by atoms with Gasteiger partial charge in [0.25, 0.3) is 5.91 Å². The van der Waals surface area contributed by atoms with Crippen LogP contribution in [-0.4, -0.2) is 36.1 Å². The lowest BCUT2D eigenvalue weighted by molar-refractivity contribution is -0.0586. The number of benzene rings is 2. The summed E-state index contributed by atoms with van der Waals surface area (Å²) >= 11 is 0. The first kappa shape index (κ1) is 19.8. The van der Waals surface area contributed by atoms with Crippen molar-refractivity contribution in [2.24, 2.45) is 0 Å². The lowest BCUT2D eigenvalue weighted by Gasteiger charge is -2.35. The molecular formula is C21H21F2N3O2. The van der Waals surface area contributed by atoms with E-state index in [1.807, 2.05) is 13.8 Å². The Hall–Kier alpha value is -2.98. The zero-order valence-corrected chi connectivity index (χ0v) is 15.7. The largest absolute Gasteiger partial charge is 0.376 e. The molecule has 28 heavy (non-hydrogen) atoms. The Balaban J connectivity index is 1.65. The predicted molar refractivity (Wildman–Crippen MR) is 101 cm³/mol. The first-order valence-corrected chi connectivity index (χ1v) is 9.04. The molecule has 5 nitrogen and oxygen atoms in total. The van der Waals surface area contributed by atoms with E-state index in [-0.39, 0.29) is 35.9 Å². The molecule has 2 atom stereocenters. The Morgan fingerprint density at radius 1 is 1.18 bits per heavy atom. The Morgan fingerprint density at radius 2 is 1.75 bits per heavy atom. The highest BCUT2D eigenvalue weighted by molar-refractivity contribution is 5.94. The Morgan fingerprint density at radius 3 is 2.29 bits per heavy atom. The van der Waals surface area contributed by atoms with Gasteiger partial charge in [-0.2, -0.15) is 5.26 Å². The summed E-state index contributed by atoms with van der Waals surface area (Å²) in [7, 11) is 0. The van der Waals surface area contributed by atoms with Crippen LogP contribution in [0.25, 0.3) is 0 Å². The van der Waals surface area contributed by atoms with Crippen molar-refractivity contribution in [2.75, 3.05) is 18.4 Å². The number of morpholine rings is 1. The summed E-state index contributed by atoms with van der Waals surface area (Å²) in [6.45, 7) is 5.14. The van der Waals surface area contributed by atoms with E-state index >= 15 is 0 Å². The summed E-state index contributed by atoms with van der Waals surface area (Å²) in [6.07, 6.45) is -0.0122. The van der Waals surface area contributed by atoms with E-state index in [0.717, 1.165) is 17.7 Å². The van der Waals surface area contributed by atoms with E-state index < -0.39 is 11.6 Å². The highest BCUT2D eigenvalue weighted by Crippen LogP contribution is 2.21. The fourth-order valence-corrected chi connectivity index (χ4v) is 3.29. The number of nitrogens with one attached hydrogen (secondary N) is 1. The number of hydrogen-bond donors (Lipinski definition) is 1. The molecule has 0 spiro atoms. The van der Waals surface area contributed by atoms with Crippen LogP contribution < -0.4 is 5.32 Å². The summed E-state index contributed by atoms with van der Waals surface area (Å²) in [6, 6.07) is 10.6. The molecule has 1 aliphatic heterocycles. The number of ether oxygens (including phenoxy) is 1. The van der Waals surface area contributed by atoms with Gasteiger partial charge in [-0.25, -0.2) is 8.78 Å². The normalized spacial score (nSPS) is 19.2. The van der Waals surface area contributed by atoms with Gasteiger partial charge >= 0.3 is 0 Å². The summed E-state index contributed by atoms with van der Waals surface area (Å²) in [4.78, 5) is 14.4. The molecule has 1 N–H and O–H groups in total. The van der Waals surface area contributed by atoms with Crippen LogP contribution in [0.3, 0.4) is 0 Å². The average Bonchev–Trinajstić information content (AvgIpc) is 2.66. The van der Waals surface area contributed by atoms with Crippen LogP contribution in [0.4, 0.5) is 14.5 Å². The van der Waals surface area contributed by atoms with Gasteiger partial charge in [0.1, 0.15) is 5.69 Å². The van der Waals surface area contributed by atoms with Gasteiger partial charge in [-0.15, -0.1) is 0 Å². The zero-order valence-electron chi connectivity index (χ0n) is 15.7. The van der Waals surface area contributed by atoms with Gasteiger partial charge in [-0.3, -0.25) is 4.79 Å². The minimum Gasteiger partial charge on any atom is -0.376 e. The third kappa shape index (κ3) is 4.46. The standard InChI is InChI=1S/C21H21F2N3O2/c1-13-11-26(12-14(2)28-13)21(27)17-5-3-15(4-6-17)10-25-20-18(22)7-16(9-24)8-19(20)23/h3-8,13-14,25H,10-12H2,1-2H3/t13-,14-/m0/s1. The number of halogens is 2. The van der Waals surface area contributed by atoms with E-state index in [4.69, 9.17) is 10.00 Å². The Labute approximate surface area is 162 Å². The molecule has 0 saturated carbocycles. The summed E-state index contributed by atoms with van der Waals surface area (Å²) in [5, 5.41) is 11.4. The molecule has 0 aliphatic carbocycles. The summed E-state index contributed by atoms with van der Waals surface area (Å²) in [5.41, 5.74) is 0.967. The van der Waals surface area contributed by atoms with Gasteiger partial charge in [-0.05, 0) is 43.7 Å². The number of nitrogens with zero attached hydrogens (tertiary/aromatic N) is 2. The van der Waals surface area contributed by atoms with Crippen molar-refractivity contribution in [1.29, 1.82) is 5.26 Å². The van der Waals surface area contributed by atoms with E-state index in [1.54, 1.807) is 35.2 Å². The van der Waals surface area contributed by atoms with Crippen molar-refractivity contribution in [1.82, 2.24) is 4.90 Å². The molecular weight excluding hydrogens is 364 g/mol. The number of carbonyl (C=O) groups is 1. The Bertz CT molecular complexity index is 876. The molecule has 0 unspecified atom stereocenters. The summed E-state index contributed by atoms with van der Waals surface area (Å²) < 4.78 is 33.5. The second-order valence-corrected chi connectivity index (χ2v) is 6.94. The molecule has 1 aliphatic rings. The monoisotopic (exact) mass is 385 g/mol. The van der Waals surface area contributed by atoms with Crippen LogP contribution in [0, 0.1) is 23.0 Å². The smallest absolute Gasteiger partial charge is 0.254 e. The molecule has 2 aromatic rings. The topological polar surface area (TPSA) is 65.4 Å². The summed E-state index contributed by atoms with van der Waals surface area (Å²) in [5.74, 6) is -1.71. The molecule has 1 heterocycles. The van der Waals surface area contributed by atoms with Crippen LogP contribution in [-0.2, 0) is 11.3 Å². The molecule has 0 radical (unpaired) electrons. The third-order valence-corrected chi connectivity index (χ3v) is 4.55. The number of nitriles is 1. The molecule has 7 heteroatoms. The molecule has 1 amide bonds. The molecule has 1 fully saturated rings. The van der Waals surface area contributed by atoms with Crippen molar-refractivity contribution in [3.05, 3.63) is 64.7 Å². The highest BCUT2D eigenvalue weighted by atomic mass is 19.1. The van der Waals surface area contributed by atoms with Gasteiger partial charge in [0.2, 0.25) is 0 Å². The van der Waals surface area contributed by atoms with E-state index in [2.05, 4.69) is 5.32 Å². The maximum Gasteiger partial charge on any atom is 0.254 e. The number of amides is 1. The van der Waals surface area contributed by atoms with Gasteiger partial charge in [0.15, 0.2) is 11.6 Å². The quantitative estimate of drug-likeness (QED) is 0.872. The first-order chi connectivity index (χ1) is 13.4. The maximum absolute atomic E-state index is 13.9. The third-order valence-electron chi connectivity index (χ3n) is 4.55. The van der Waals surface area contributed by atoms with Crippen LogP contribution in [0.15, 0.2) is 36.4 Å². The number of anilines is 1. The number of carbonyl (C=O) groups excluding carboxylic acids is 1. The van der Waals surface area contributed by atoms with Crippen molar-refractivity contribution in [2.45, 2.75) is 32.6 Å². The fourth-order valence-electron chi connectivity index (χ4n) is 3.29. The second-order valence-electron chi connectivity index (χ2n) is 6.94. The van der Waals surface area contributed by atoms with Crippen LogP contribution >= 0.6 is 0 Å². The SMILES string of the molecule is C[C@H]1CN(C(=O)c2ccc(CNc3c(F)cc(C#N)cc3F)cc2)C[C@H](C)O1. The first-order valence-electron chi connectivity index (χ1n) is 9.04. The maximum atomic E-state index is 13.9. The highest BCUT2D eigenvalue weighted by Gasteiger charge is 2.26. The van der Waals surface area contributed by atoms with E-state index in [1.165, 1.54) is 0 Å². The minimum absolute atomic E-state index is 0.00612. The lowest BCUT2D eigenvalue weighted by atomic mass is 10.1. The molecule has 2 aromatic carbocycles. The molecule has 1 saturated heterocycles. The van der Waals surface area contributed by atoms with Crippen molar-refractivity contribution < 1.29 is 18.3 Å². The van der Waals surface area contributed by atoms with E-state index in [9.17, 15) is 13.6 Å². The minimum atomic E-state index is -0.820. The number of hydrogen-bond acceptors (Lipinski definition) is 4. The predicted octanol–water partition coefficient (Wildman–Crippen LogP) is 3.70. The zero-order chi connectivity index (χ0) is 20.3. The average molecular weight is 385 g/mol. The lowest BCUT2D eigenvalue weighted by Crippen LogP contribution is -2.48. The van der Waals surface area contributed by atoms with Crippen molar-refractivity contribution in [3.8, 4) is 6.07 Å². The van der Waals surface area contributed by atoms with Gasteiger partial charge in [0.05, 0.1) is 23.8 Å². The van der Waals surface area contributed by atoms with Crippen LogP contribution in [0.1, 0.15) is 35.3 Å².